The Hall–Kier alpha value is -2.90. The van der Waals surface area contributed by atoms with Gasteiger partial charge in [0, 0.05) is 34.5 Å². The fourth-order valence-electron chi connectivity index (χ4n) is 9.84. The van der Waals surface area contributed by atoms with Gasteiger partial charge >= 0.3 is 23.9 Å². The Morgan fingerprint density at radius 1 is 0.800 bits per heavy atom. The molecule has 0 amide bonds. The van der Waals surface area contributed by atoms with Crippen LogP contribution in [-0.2, 0) is 38.1 Å². The van der Waals surface area contributed by atoms with E-state index in [4.69, 9.17) is 18.9 Å². The third kappa shape index (κ3) is 6.66. The molecule has 250 valence electrons. The first kappa shape index (κ1) is 35.0. The maximum Gasteiger partial charge on any atom is 0.333 e. The van der Waals surface area contributed by atoms with Gasteiger partial charge in [-0.15, -0.1) is 0 Å². The molecule has 45 heavy (non-hydrogen) atoms. The molecule has 4 saturated carbocycles. The highest BCUT2D eigenvalue weighted by Gasteiger charge is 2.67. The van der Waals surface area contributed by atoms with Crippen LogP contribution in [0.3, 0.4) is 0 Å². The molecule has 8 nitrogen and oxygen atoms in total. The number of hydrogen-bond donors (Lipinski definition) is 0. The number of esters is 4. The van der Waals surface area contributed by atoms with Crippen LogP contribution in [0.5, 0.6) is 0 Å². The number of ether oxygens (including phenoxy) is 4. The van der Waals surface area contributed by atoms with Gasteiger partial charge in [0.25, 0.3) is 0 Å². The topological polar surface area (TPSA) is 105 Å². The zero-order valence-corrected chi connectivity index (χ0v) is 28.4. The SMILES string of the molecule is C=C(C)C(=O)O[C@@H]1CC[C@@]2(C)C(C1)C[C@@H](OC(=O)C(=C)C)C1C2C[C@H](OC(=O)C(=C)C)[C@]2(C)C(C(C)CCC(=O)OC)CCC12. The van der Waals surface area contributed by atoms with E-state index in [0.29, 0.717) is 48.8 Å². The Kier molecular flexibility index (Phi) is 10.4. The summed E-state index contributed by atoms with van der Waals surface area (Å²) < 4.78 is 23.5. The third-order valence-corrected chi connectivity index (χ3v) is 12.3. The predicted octanol–water partition coefficient (Wildman–Crippen LogP) is 6.92. The van der Waals surface area contributed by atoms with Gasteiger partial charge in [0.1, 0.15) is 18.3 Å². The van der Waals surface area contributed by atoms with E-state index >= 15 is 0 Å². The van der Waals surface area contributed by atoms with E-state index in [1.165, 1.54) is 7.11 Å². The van der Waals surface area contributed by atoms with Crippen LogP contribution >= 0.6 is 0 Å². The molecule has 0 aromatic heterocycles. The minimum atomic E-state index is -0.387. The molecule has 4 fully saturated rings. The summed E-state index contributed by atoms with van der Waals surface area (Å²) in [4.78, 5) is 50.7. The van der Waals surface area contributed by atoms with Gasteiger partial charge in [-0.1, -0.05) is 40.5 Å². The Morgan fingerprint density at radius 2 is 1.40 bits per heavy atom. The monoisotopic (exact) mass is 626 g/mol. The highest BCUT2D eigenvalue weighted by atomic mass is 16.6. The molecule has 0 aromatic rings. The molecule has 4 aliphatic rings. The first-order valence-electron chi connectivity index (χ1n) is 16.7. The van der Waals surface area contributed by atoms with E-state index in [1.807, 2.05) is 0 Å². The summed E-state index contributed by atoms with van der Waals surface area (Å²) in [6.07, 6.45) is 5.61. The highest BCUT2D eigenvalue weighted by Crippen LogP contribution is 2.69. The van der Waals surface area contributed by atoms with E-state index in [1.54, 1.807) is 20.8 Å². The lowest BCUT2D eigenvalue weighted by atomic mass is 9.43. The van der Waals surface area contributed by atoms with Crippen LogP contribution in [0, 0.1) is 46.3 Å². The van der Waals surface area contributed by atoms with Gasteiger partial charge in [-0.3, -0.25) is 4.79 Å². The summed E-state index contributed by atoms with van der Waals surface area (Å²) in [6, 6.07) is 0. The average molecular weight is 627 g/mol. The molecule has 0 spiro atoms. The molecule has 0 bridgehead atoms. The van der Waals surface area contributed by atoms with Crippen molar-refractivity contribution in [2.24, 2.45) is 46.3 Å². The van der Waals surface area contributed by atoms with Crippen LogP contribution in [0.2, 0.25) is 0 Å². The van der Waals surface area contributed by atoms with Crippen molar-refractivity contribution < 1.29 is 38.1 Å². The summed E-state index contributed by atoms with van der Waals surface area (Å²) in [6.45, 7) is 23.3. The van der Waals surface area contributed by atoms with Crippen LogP contribution in [0.1, 0.15) is 99.3 Å². The van der Waals surface area contributed by atoms with Crippen molar-refractivity contribution in [2.45, 2.75) is 118 Å². The molecular weight excluding hydrogens is 572 g/mol. The van der Waals surface area contributed by atoms with Gasteiger partial charge in [-0.05, 0) is 107 Å². The number of fused-ring (bicyclic) bond motifs is 5. The molecule has 0 N–H and O–H groups in total. The Morgan fingerprint density at radius 3 is 2.00 bits per heavy atom. The fraction of sp³-hybridized carbons (Fsp3) is 0.730. The number of carbonyl (C=O) groups excluding carboxylic acids is 4. The largest absolute Gasteiger partial charge is 0.469 e. The van der Waals surface area contributed by atoms with E-state index in [-0.39, 0.29) is 88.5 Å². The number of carbonyl (C=O) groups is 4. The van der Waals surface area contributed by atoms with Crippen LogP contribution in [0.4, 0.5) is 0 Å². The second kappa shape index (κ2) is 13.4. The third-order valence-electron chi connectivity index (χ3n) is 12.3. The lowest BCUT2D eigenvalue weighted by Crippen LogP contribution is -2.63. The normalized spacial score (nSPS) is 37.5. The molecule has 0 aromatic carbocycles. The summed E-state index contributed by atoms with van der Waals surface area (Å²) in [5.41, 5.74) is 0.612. The molecule has 4 aliphatic carbocycles. The molecule has 0 radical (unpaired) electrons. The summed E-state index contributed by atoms with van der Waals surface area (Å²) in [5.74, 6) is -0.472. The number of methoxy groups -OCH3 is 1. The molecule has 4 rings (SSSR count). The maximum atomic E-state index is 13.2. The Balaban J connectivity index is 1.74. The molecular formula is C37H54O8. The van der Waals surface area contributed by atoms with E-state index in [2.05, 4.69) is 40.5 Å². The van der Waals surface area contributed by atoms with Crippen molar-refractivity contribution in [2.75, 3.05) is 7.11 Å². The first-order chi connectivity index (χ1) is 21.0. The number of rotatable bonds is 10. The number of hydrogen-bond acceptors (Lipinski definition) is 8. The van der Waals surface area contributed by atoms with Gasteiger partial charge in [-0.2, -0.15) is 0 Å². The molecule has 8 heteroatoms. The standard InChI is InChI=1S/C37H54O8/c1-20(2)33(39)43-25-15-16-36(8)24(17-25)18-29(44-34(40)21(3)4)32-27-13-12-26(23(7)11-14-31(38)42-10)37(27,9)30(19-28(32)36)45-35(41)22(5)6/h23-30,32H,1,3,5,11-19H2,2,4,6-10H3/t23?,24?,25-,26?,27?,28?,29-,30+,32?,36+,37-/m1/s1. The van der Waals surface area contributed by atoms with Gasteiger partial charge in [0.05, 0.1) is 7.11 Å². The van der Waals surface area contributed by atoms with E-state index in [0.717, 1.165) is 25.7 Å². The van der Waals surface area contributed by atoms with Crippen molar-refractivity contribution in [1.29, 1.82) is 0 Å². The van der Waals surface area contributed by atoms with Crippen molar-refractivity contribution in [1.82, 2.24) is 0 Å². The van der Waals surface area contributed by atoms with E-state index in [9.17, 15) is 19.2 Å². The Labute approximate surface area is 269 Å². The molecule has 11 atom stereocenters. The highest BCUT2D eigenvalue weighted by molar-refractivity contribution is 5.88. The summed E-state index contributed by atoms with van der Waals surface area (Å²) in [5, 5.41) is 0. The average Bonchev–Trinajstić information content (AvgIpc) is 3.34. The Bertz CT molecular complexity index is 1230. The minimum absolute atomic E-state index is 0.0756. The maximum absolute atomic E-state index is 13.2. The van der Waals surface area contributed by atoms with Gasteiger partial charge < -0.3 is 18.9 Å². The van der Waals surface area contributed by atoms with Crippen molar-refractivity contribution in [3.8, 4) is 0 Å². The van der Waals surface area contributed by atoms with Crippen molar-refractivity contribution in [3.05, 3.63) is 36.5 Å². The second-order valence-corrected chi connectivity index (χ2v) is 15.1. The van der Waals surface area contributed by atoms with Gasteiger partial charge in [0.15, 0.2) is 0 Å². The molecule has 0 aliphatic heterocycles. The van der Waals surface area contributed by atoms with Crippen LogP contribution in [0.25, 0.3) is 0 Å². The predicted molar refractivity (Wildman–Crippen MR) is 170 cm³/mol. The van der Waals surface area contributed by atoms with E-state index < -0.39 is 0 Å². The summed E-state index contributed by atoms with van der Waals surface area (Å²) >= 11 is 0. The van der Waals surface area contributed by atoms with Crippen molar-refractivity contribution in [3.63, 3.8) is 0 Å². The molecule has 0 heterocycles. The van der Waals surface area contributed by atoms with Crippen LogP contribution in [-0.4, -0.2) is 49.3 Å². The van der Waals surface area contributed by atoms with Gasteiger partial charge in [-0.25, -0.2) is 14.4 Å². The smallest absolute Gasteiger partial charge is 0.333 e. The molecule has 0 saturated heterocycles. The second-order valence-electron chi connectivity index (χ2n) is 15.1. The lowest BCUT2D eigenvalue weighted by molar-refractivity contribution is -0.223. The zero-order valence-electron chi connectivity index (χ0n) is 28.4. The van der Waals surface area contributed by atoms with Crippen LogP contribution < -0.4 is 0 Å². The van der Waals surface area contributed by atoms with Crippen LogP contribution in [0.15, 0.2) is 36.5 Å². The fourth-order valence-corrected chi connectivity index (χ4v) is 9.84. The van der Waals surface area contributed by atoms with Gasteiger partial charge in [0.2, 0.25) is 0 Å². The lowest BCUT2D eigenvalue weighted by Gasteiger charge is -2.64. The zero-order chi connectivity index (χ0) is 33.4. The van der Waals surface area contributed by atoms with Crippen molar-refractivity contribution >= 4 is 23.9 Å². The molecule has 6 unspecified atom stereocenters. The minimum Gasteiger partial charge on any atom is -0.469 e. The quantitative estimate of drug-likeness (QED) is 0.146. The first-order valence-corrected chi connectivity index (χ1v) is 16.7. The summed E-state index contributed by atoms with van der Waals surface area (Å²) in [7, 11) is 1.41.